The summed E-state index contributed by atoms with van der Waals surface area (Å²) in [5.41, 5.74) is 4.73. The van der Waals surface area contributed by atoms with E-state index in [1.807, 2.05) is 39.0 Å². The maximum Gasteiger partial charge on any atom is 0.220 e. The van der Waals surface area contributed by atoms with Gasteiger partial charge in [-0.2, -0.15) is 0 Å². The number of hydrogen-bond donors (Lipinski definition) is 1. The minimum Gasteiger partial charge on any atom is -0.490 e. The van der Waals surface area contributed by atoms with Crippen LogP contribution in [0.15, 0.2) is 36.4 Å². The molecule has 0 saturated carbocycles. The third-order valence-corrected chi connectivity index (χ3v) is 4.66. The molecule has 0 saturated heterocycles. The van der Waals surface area contributed by atoms with Crippen LogP contribution < -0.4 is 14.8 Å². The normalized spacial score (nSPS) is 11.7. The van der Waals surface area contributed by atoms with Crippen LogP contribution in [0.3, 0.4) is 0 Å². The summed E-state index contributed by atoms with van der Waals surface area (Å²) in [4.78, 5) is 12.4. The number of nitrogens with one attached hydrogen (secondary N) is 1. The van der Waals surface area contributed by atoms with Crippen LogP contribution in [0.4, 0.5) is 0 Å². The van der Waals surface area contributed by atoms with Gasteiger partial charge in [0.2, 0.25) is 5.91 Å². The van der Waals surface area contributed by atoms with E-state index in [0.717, 1.165) is 17.7 Å². The Morgan fingerprint density at radius 3 is 2.33 bits per heavy atom. The van der Waals surface area contributed by atoms with Gasteiger partial charge < -0.3 is 14.8 Å². The van der Waals surface area contributed by atoms with Gasteiger partial charge in [-0.05, 0) is 75.4 Å². The van der Waals surface area contributed by atoms with E-state index in [1.165, 1.54) is 16.7 Å². The van der Waals surface area contributed by atoms with E-state index in [1.54, 1.807) is 0 Å². The second-order valence-electron chi connectivity index (χ2n) is 6.78. The van der Waals surface area contributed by atoms with Crippen molar-refractivity contribution in [2.45, 2.75) is 53.5 Å². The zero-order chi connectivity index (χ0) is 19.8. The topological polar surface area (TPSA) is 47.6 Å². The molecule has 0 radical (unpaired) electrons. The Labute approximate surface area is 162 Å². The second kappa shape index (κ2) is 10.0. The smallest absolute Gasteiger partial charge is 0.220 e. The maximum atomic E-state index is 12.4. The summed E-state index contributed by atoms with van der Waals surface area (Å²) < 4.78 is 11.3. The standard InChI is InChI=1S/C23H31NO3/c1-6-26-21-12-11-20(15-22(21)27-7-2)18(5)24-23(25)13-10-19-9-8-16(3)17(4)14-19/h8-9,11-12,14-15,18H,6-7,10,13H2,1-5H3,(H,24,25). The van der Waals surface area contributed by atoms with Gasteiger partial charge in [-0.3, -0.25) is 4.79 Å². The lowest BCUT2D eigenvalue weighted by Crippen LogP contribution is -2.26. The van der Waals surface area contributed by atoms with Crippen LogP contribution in [0, 0.1) is 13.8 Å². The first-order valence-electron chi connectivity index (χ1n) is 9.69. The third-order valence-electron chi connectivity index (χ3n) is 4.66. The van der Waals surface area contributed by atoms with Gasteiger partial charge in [0.25, 0.3) is 0 Å². The minimum absolute atomic E-state index is 0.0487. The first kappa shape index (κ1) is 20.8. The highest BCUT2D eigenvalue weighted by Gasteiger charge is 2.13. The number of aryl methyl sites for hydroxylation is 3. The summed E-state index contributed by atoms with van der Waals surface area (Å²) in [5, 5.41) is 3.08. The first-order valence-corrected chi connectivity index (χ1v) is 9.69. The molecule has 27 heavy (non-hydrogen) atoms. The van der Waals surface area contributed by atoms with Crippen LogP contribution in [0.5, 0.6) is 11.5 Å². The summed E-state index contributed by atoms with van der Waals surface area (Å²) in [5.74, 6) is 1.50. The Kier molecular flexibility index (Phi) is 7.71. The van der Waals surface area contributed by atoms with Crippen LogP contribution >= 0.6 is 0 Å². The molecule has 146 valence electrons. The summed E-state index contributed by atoms with van der Waals surface area (Å²) >= 11 is 0. The molecular formula is C23H31NO3. The van der Waals surface area contributed by atoms with E-state index >= 15 is 0 Å². The number of rotatable bonds is 9. The Morgan fingerprint density at radius 2 is 1.67 bits per heavy atom. The average molecular weight is 370 g/mol. The summed E-state index contributed by atoms with van der Waals surface area (Å²) in [6.45, 7) is 11.2. The van der Waals surface area contributed by atoms with Crippen molar-refractivity contribution >= 4 is 5.91 Å². The van der Waals surface area contributed by atoms with Crippen LogP contribution in [0.25, 0.3) is 0 Å². The van der Waals surface area contributed by atoms with Crippen molar-refractivity contribution in [2.75, 3.05) is 13.2 Å². The highest BCUT2D eigenvalue weighted by Crippen LogP contribution is 2.30. The molecule has 1 amide bonds. The lowest BCUT2D eigenvalue weighted by Gasteiger charge is -2.17. The highest BCUT2D eigenvalue weighted by molar-refractivity contribution is 5.76. The molecule has 4 nitrogen and oxygen atoms in total. The van der Waals surface area contributed by atoms with E-state index in [4.69, 9.17) is 9.47 Å². The van der Waals surface area contributed by atoms with E-state index in [2.05, 4.69) is 37.4 Å². The Bertz CT molecular complexity index is 770. The van der Waals surface area contributed by atoms with Crippen molar-refractivity contribution in [3.8, 4) is 11.5 Å². The number of benzene rings is 2. The molecule has 1 atom stereocenters. The molecule has 0 aromatic heterocycles. The number of hydrogen-bond acceptors (Lipinski definition) is 3. The number of ether oxygens (including phenoxy) is 2. The van der Waals surface area contributed by atoms with Gasteiger partial charge in [-0.1, -0.05) is 24.3 Å². The van der Waals surface area contributed by atoms with E-state index in [0.29, 0.717) is 25.4 Å². The molecule has 0 aliphatic rings. The quantitative estimate of drug-likeness (QED) is 0.683. The molecule has 2 rings (SSSR count). The number of carbonyl (C=O) groups is 1. The van der Waals surface area contributed by atoms with Crippen molar-refractivity contribution in [1.29, 1.82) is 0 Å². The van der Waals surface area contributed by atoms with E-state index in [9.17, 15) is 4.79 Å². The van der Waals surface area contributed by atoms with Gasteiger partial charge in [0.15, 0.2) is 11.5 Å². The Balaban J connectivity index is 1.96. The highest BCUT2D eigenvalue weighted by atomic mass is 16.5. The van der Waals surface area contributed by atoms with Crippen LogP contribution in [-0.4, -0.2) is 19.1 Å². The molecule has 0 spiro atoms. The van der Waals surface area contributed by atoms with Crippen LogP contribution in [0.2, 0.25) is 0 Å². The van der Waals surface area contributed by atoms with Crippen molar-refractivity contribution in [3.63, 3.8) is 0 Å². The summed E-state index contributed by atoms with van der Waals surface area (Å²) in [7, 11) is 0. The monoisotopic (exact) mass is 369 g/mol. The van der Waals surface area contributed by atoms with Gasteiger partial charge in [0.05, 0.1) is 19.3 Å². The van der Waals surface area contributed by atoms with E-state index in [-0.39, 0.29) is 11.9 Å². The predicted octanol–water partition coefficient (Wildman–Crippen LogP) is 4.91. The summed E-state index contributed by atoms with van der Waals surface area (Å²) in [6, 6.07) is 12.1. The molecule has 4 heteroatoms. The van der Waals surface area contributed by atoms with Crippen molar-refractivity contribution in [1.82, 2.24) is 5.32 Å². The molecule has 0 bridgehead atoms. The minimum atomic E-state index is -0.0906. The predicted molar refractivity (Wildman–Crippen MR) is 110 cm³/mol. The first-order chi connectivity index (χ1) is 12.9. The van der Waals surface area contributed by atoms with Crippen molar-refractivity contribution in [2.24, 2.45) is 0 Å². The molecule has 0 aliphatic heterocycles. The Hall–Kier alpha value is -2.49. The fraction of sp³-hybridized carbons (Fsp3) is 0.435. The third kappa shape index (κ3) is 6.02. The summed E-state index contributed by atoms with van der Waals surface area (Å²) in [6.07, 6.45) is 1.22. The van der Waals surface area contributed by atoms with E-state index < -0.39 is 0 Å². The molecule has 2 aromatic carbocycles. The van der Waals surface area contributed by atoms with Crippen LogP contribution in [-0.2, 0) is 11.2 Å². The van der Waals surface area contributed by atoms with Crippen molar-refractivity contribution < 1.29 is 14.3 Å². The second-order valence-corrected chi connectivity index (χ2v) is 6.78. The van der Waals surface area contributed by atoms with Crippen molar-refractivity contribution in [3.05, 3.63) is 58.7 Å². The molecular weight excluding hydrogens is 338 g/mol. The SMILES string of the molecule is CCOc1ccc(C(C)NC(=O)CCc2ccc(C)c(C)c2)cc1OCC. The van der Waals surface area contributed by atoms with Gasteiger partial charge >= 0.3 is 0 Å². The maximum absolute atomic E-state index is 12.4. The number of amides is 1. The zero-order valence-corrected chi connectivity index (χ0v) is 17.1. The fourth-order valence-corrected chi connectivity index (χ4v) is 2.95. The molecule has 0 heterocycles. The molecule has 1 unspecified atom stereocenters. The lowest BCUT2D eigenvalue weighted by molar-refractivity contribution is -0.121. The molecule has 0 aliphatic carbocycles. The zero-order valence-electron chi connectivity index (χ0n) is 17.1. The van der Waals surface area contributed by atoms with Crippen LogP contribution in [0.1, 0.15) is 55.5 Å². The molecule has 2 aromatic rings. The Morgan fingerprint density at radius 1 is 0.963 bits per heavy atom. The van der Waals surface area contributed by atoms with Gasteiger partial charge in [0.1, 0.15) is 0 Å². The molecule has 0 fully saturated rings. The average Bonchev–Trinajstić information content (AvgIpc) is 2.64. The largest absolute Gasteiger partial charge is 0.490 e. The molecule has 1 N–H and O–H groups in total. The lowest BCUT2D eigenvalue weighted by atomic mass is 10.0. The number of carbonyl (C=O) groups excluding carboxylic acids is 1. The van der Waals surface area contributed by atoms with Gasteiger partial charge in [-0.15, -0.1) is 0 Å². The van der Waals surface area contributed by atoms with Gasteiger partial charge in [-0.25, -0.2) is 0 Å². The van der Waals surface area contributed by atoms with Gasteiger partial charge in [0, 0.05) is 6.42 Å². The fourth-order valence-electron chi connectivity index (χ4n) is 2.95.